The van der Waals surface area contributed by atoms with Crippen LogP contribution in [-0.4, -0.2) is 27.7 Å². The van der Waals surface area contributed by atoms with E-state index in [1.165, 1.54) is 12.3 Å². The maximum absolute atomic E-state index is 11.0. The molecule has 2 aromatic rings. The quantitative estimate of drug-likeness (QED) is 0.625. The van der Waals surface area contributed by atoms with Crippen molar-refractivity contribution in [2.45, 2.75) is 25.9 Å². The van der Waals surface area contributed by atoms with Crippen LogP contribution in [0.25, 0.3) is 10.8 Å². The summed E-state index contributed by atoms with van der Waals surface area (Å²) in [6.45, 7) is 2.42. The molecule has 1 atom stereocenters. The lowest BCUT2D eigenvalue weighted by Crippen LogP contribution is -2.19. The maximum Gasteiger partial charge on any atom is 0.277 e. The number of aliphatic hydroxyl groups excluding tert-OH is 1. The van der Waals surface area contributed by atoms with E-state index in [2.05, 4.69) is 10.3 Å². The van der Waals surface area contributed by atoms with Gasteiger partial charge in [0.15, 0.2) is 0 Å². The number of nitrogens with zero attached hydrogens (tertiary/aromatic N) is 2. The summed E-state index contributed by atoms with van der Waals surface area (Å²) in [5.74, 6) is 0. The Bertz CT molecular complexity index is 616. The highest BCUT2D eigenvalue weighted by molar-refractivity contribution is 5.99. The molecule has 0 saturated carbocycles. The van der Waals surface area contributed by atoms with Crippen LogP contribution < -0.4 is 5.32 Å². The van der Waals surface area contributed by atoms with Crippen molar-refractivity contribution in [2.75, 3.05) is 11.9 Å². The minimum absolute atomic E-state index is 0.0575. The Balaban J connectivity index is 2.31. The monoisotopic (exact) mass is 275 g/mol. The molecule has 0 saturated heterocycles. The molecule has 0 aliphatic carbocycles. The Morgan fingerprint density at radius 3 is 2.90 bits per heavy atom. The molecule has 20 heavy (non-hydrogen) atoms. The van der Waals surface area contributed by atoms with Gasteiger partial charge in [-0.05, 0) is 18.6 Å². The first-order valence-electron chi connectivity index (χ1n) is 6.56. The molecule has 0 fully saturated rings. The minimum atomic E-state index is -0.429. The molecule has 0 bridgehead atoms. The number of pyridine rings is 1. The van der Waals surface area contributed by atoms with Gasteiger partial charge in [-0.1, -0.05) is 13.3 Å². The Kier molecular flexibility index (Phi) is 4.47. The Morgan fingerprint density at radius 2 is 2.20 bits per heavy atom. The van der Waals surface area contributed by atoms with Crippen molar-refractivity contribution in [1.82, 2.24) is 4.98 Å². The molecule has 2 rings (SSSR count). The number of fused-ring (bicyclic) bond motifs is 1. The third-order valence-corrected chi connectivity index (χ3v) is 3.14. The van der Waals surface area contributed by atoms with E-state index < -0.39 is 11.0 Å². The molecule has 106 valence electrons. The minimum Gasteiger partial charge on any atom is -0.391 e. The number of hydrogen-bond donors (Lipinski definition) is 2. The fourth-order valence-electron chi connectivity index (χ4n) is 2.15. The molecular weight excluding hydrogens is 258 g/mol. The lowest BCUT2D eigenvalue weighted by molar-refractivity contribution is -0.383. The van der Waals surface area contributed by atoms with Crippen LogP contribution in [0.2, 0.25) is 0 Å². The zero-order valence-electron chi connectivity index (χ0n) is 11.2. The number of aliphatic hydroxyl groups is 1. The lowest BCUT2D eigenvalue weighted by Gasteiger charge is -2.13. The number of benzene rings is 1. The number of nitrogens with one attached hydrogen (secondary N) is 1. The van der Waals surface area contributed by atoms with Gasteiger partial charge in [0.1, 0.15) is 0 Å². The van der Waals surface area contributed by atoms with E-state index in [-0.39, 0.29) is 5.69 Å². The number of rotatable bonds is 6. The van der Waals surface area contributed by atoms with Crippen molar-refractivity contribution in [3.05, 3.63) is 40.7 Å². The topological polar surface area (TPSA) is 88.3 Å². The zero-order chi connectivity index (χ0) is 14.5. The second-order valence-corrected chi connectivity index (χ2v) is 4.63. The summed E-state index contributed by atoms with van der Waals surface area (Å²) >= 11 is 0. The lowest BCUT2D eigenvalue weighted by atomic mass is 10.1. The fraction of sp³-hybridized carbons (Fsp3) is 0.357. The van der Waals surface area contributed by atoms with Crippen molar-refractivity contribution < 1.29 is 10.0 Å². The molecule has 6 heteroatoms. The van der Waals surface area contributed by atoms with E-state index >= 15 is 0 Å². The van der Waals surface area contributed by atoms with Crippen LogP contribution in [0.15, 0.2) is 30.6 Å². The second kappa shape index (κ2) is 6.29. The van der Waals surface area contributed by atoms with E-state index in [1.54, 1.807) is 18.3 Å². The normalized spacial score (nSPS) is 12.3. The second-order valence-electron chi connectivity index (χ2n) is 4.63. The van der Waals surface area contributed by atoms with Gasteiger partial charge < -0.3 is 10.4 Å². The van der Waals surface area contributed by atoms with Crippen LogP contribution in [0.1, 0.15) is 19.8 Å². The summed E-state index contributed by atoms with van der Waals surface area (Å²) in [5.41, 5.74) is 0.802. The van der Waals surface area contributed by atoms with Gasteiger partial charge in [-0.15, -0.1) is 0 Å². The predicted molar refractivity (Wildman–Crippen MR) is 77.8 cm³/mol. The molecule has 1 unspecified atom stereocenters. The van der Waals surface area contributed by atoms with Crippen molar-refractivity contribution in [1.29, 1.82) is 0 Å². The molecule has 0 aliphatic rings. The summed E-state index contributed by atoms with van der Waals surface area (Å²) in [6.07, 6.45) is 4.32. The molecule has 0 aliphatic heterocycles. The smallest absolute Gasteiger partial charge is 0.277 e. The average Bonchev–Trinajstić information content (AvgIpc) is 2.44. The Hall–Kier alpha value is -2.21. The first-order valence-corrected chi connectivity index (χ1v) is 6.56. The highest BCUT2D eigenvalue weighted by atomic mass is 16.6. The van der Waals surface area contributed by atoms with Crippen LogP contribution in [0.4, 0.5) is 11.4 Å². The number of nitro benzene ring substituents is 1. The standard InChI is InChI=1S/C14H17N3O3/c1-2-3-10(18)8-16-13-4-5-14(17(19)20)11-6-7-15-9-12(11)13/h4-7,9-10,16,18H,2-3,8H2,1H3. The van der Waals surface area contributed by atoms with Gasteiger partial charge >= 0.3 is 0 Å². The number of anilines is 1. The van der Waals surface area contributed by atoms with Crippen molar-refractivity contribution in [2.24, 2.45) is 0 Å². The van der Waals surface area contributed by atoms with E-state index in [4.69, 9.17) is 0 Å². The van der Waals surface area contributed by atoms with Crippen LogP contribution >= 0.6 is 0 Å². The van der Waals surface area contributed by atoms with Gasteiger partial charge in [0.05, 0.1) is 16.4 Å². The van der Waals surface area contributed by atoms with Gasteiger partial charge in [0, 0.05) is 36.1 Å². The summed E-state index contributed by atoms with van der Waals surface area (Å²) < 4.78 is 0. The van der Waals surface area contributed by atoms with Gasteiger partial charge in [0.25, 0.3) is 5.69 Å². The molecular formula is C14H17N3O3. The average molecular weight is 275 g/mol. The van der Waals surface area contributed by atoms with E-state index in [1.807, 2.05) is 6.92 Å². The maximum atomic E-state index is 11.0. The highest BCUT2D eigenvalue weighted by Gasteiger charge is 2.14. The summed E-state index contributed by atoms with van der Waals surface area (Å²) in [5, 5.41) is 25.1. The fourth-order valence-corrected chi connectivity index (χ4v) is 2.15. The largest absolute Gasteiger partial charge is 0.391 e. The number of nitro groups is 1. The number of aromatic nitrogens is 1. The van der Waals surface area contributed by atoms with Gasteiger partial charge in [-0.3, -0.25) is 15.1 Å². The predicted octanol–water partition coefficient (Wildman–Crippen LogP) is 2.72. The molecule has 0 radical (unpaired) electrons. The molecule has 1 aromatic carbocycles. The molecule has 1 aromatic heterocycles. The van der Waals surface area contributed by atoms with Crippen LogP contribution in [-0.2, 0) is 0 Å². The first kappa shape index (κ1) is 14.2. The third kappa shape index (κ3) is 3.03. The third-order valence-electron chi connectivity index (χ3n) is 3.14. The first-order chi connectivity index (χ1) is 9.63. The van der Waals surface area contributed by atoms with Crippen molar-refractivity contribution in [3.8, 4) is 0 Å². The number of non-ortho nitro benzene ring substituents is 1. The van der Waals surface area contributed by atoms with Crippen LogP contribution in [0.5, 0.6) is 0 Å². The van der Waals surface area contributed by atoms with Crippen LogP contribution in [0, 0.1) is 10.1 Å². The molecule has 6 nitrogen and oxygen atoms in total. The molecule has 2 N–H and O–H groups in total. The van der Waals surface area contributed by atoms with Crippen molar-refractivity contribution >= 4 is 22.1 Å². The van der Waals surface area contributed by atoms with E-state index in [0.29, 0.717) is 17.3 Å². The molecule has 0 amide bonds. The van der Waals surface area contributed by atoms with Gasteiger partial charge in [-0.25, -0.2) is 0 Å². The highest BCUT2D eigenvalue weighted by Crippen LogP contribution is 2.30. The molecule has 0 spiro atoms. The summed E-state index contributed by atoms with van der Waals surface area (Å²) in [7, 11) is 0. The van der Waals surface area contributed by atoms with Crippen molar-refractivity contribution in [3.63, 3.8) is 0 Å². The van der Waals surface area contributed by atoms with E-state index in [0.717, 1.165) is 18.5 Å². The SMILES string of the molecule is CCCC(O)CNc1ccc([N+](=O)[O-])c2ccncc12. The summed E-state index contributed by atoms with van der Waals surface area (Å²) in [4.78, 5) is 14.6. The number of hydrogen-bond acceptors (Lipinski definition) is 5. The zero-order valence-corrected chi connectivity index (χ0v) is 11.2. The van der Waals surface area contributed by atoms with E-state index in [9.17, 15) is 15.2 Å². The Morgan fingerprint density at radius 1 is 1.40 bits per heavy atom. The molecule has 1 heterocycles. The Labute approximate surface area is 116 Å². The van der Waals surface area contributed by atoms with Gasteiger partial charge in [-0.2, -0.15) is 0 Å². The van der Waals surface area contributed by atoms with Crippen LogP contribution in [0.3, 0.4) is 0 Å². The van der Waals surface area contributed by atoms with Gasteiger partial charge in [0.2, 0.25) is 0 Å². The summed E-state index contributed by atoms with van der Waals surface area (Å²) in [6, 6.07) is 4.75.